The Bertz CT molecular complexity index is 281. The predicted octanol–water partition coefficient (Wildman–Crippen LogP) is 1.85. The number of ether oxygens (including phenoxy) is 1. The van der Waals surface area contributed by atoms with Gasteiger partial charge in [-0.05, 0) is 38.4 Å². The quantitative estimate of drug-likeness (QED) is 0.659. The molecule has 0 atom stereocenters. The second kappa shape index (κ2) is 7.31. The van der Waals surface area contributed by atoms with Crippen LogP contribution in [0.3, 0.4) is 0 Å². The Morgan fingerprint density at radius 1 is 0.875 bits per heavy atom. The van der Waals surface area contributed by atoms with Gasteiger partial charge in [0.25, 0.3) is 0 Å². The molecule has 0 heterocycles. The molecule has 88 valence electrons. The Labute approximate surface area is 97.9 Å². The fraction of sp³-hybridized carbons (Fsp3) is 0.500. The fourth-order valence-corrected chi connectivity index (χ4v) is 1.43. The van der Waals surface area contributed by atoms with E-state index in [0.717, 1.165) is 11.2 Å². The number of benzene rings is 1. The molecule has 0 unspecified atom stereocenters. The van der Waals surface area contributed by atoms with Gasteiger partial charge < -0.3 is 14.0 Å². The monoisotopic (exact) mass is 222 g/mol. The van der Waals surface area contributed by atoms with Crippen LogP contribution >= 0.6 is 0 Å². The van der Waals surface area contributed by atoms with Gasteiger partial charge in [-0.15, -0.1) is 0 Å². The topological polar surface area (TPSA) is 27.7 Å². The summed E-state index contributed by atoms with van der Waals surface area (Å²) in [6, 6.07) is 7.82. The molecule has 0 fully saturated rings. The molecule has 1 aromatic rings. The molecule has 0 saturated carbocycles. The van der Waals surface area contributed by atoms with E-state index in [-0.39, 0.29) is 7.12 Å². The zero-order chi connectivity index (χ0) is 11.8. The number of rotatable bonds is 7. The van der Waals surface area contributed by atoms with Crippen LogP contribution in [-0.4, -0.2) is 26.9 Å². The van der Waals surface area contributed by atoms with Crippen molar-refractivity contribution in [3.8, 4) is 5.75 Å². The molecule has 0 aliphatic heterocycles. The molecule has 0 radical (unpaired) electrons. The van der Waals surface area contributed by atoms with Gasteiger partial charge in [0.2, 0.25) is 0 Å². The normalized spacial score (nSPS) is 10.2. The fourth-order valence-electron chi connectivity index (χ4n) is 1.43. The summed E-state index contributed by atoms with van der Waals surface area (Å²) in [6.07, 6.45) is 0. The van der Waals surface area contributed by atoms with Crippen molar-refractivity contribution in [1.29, 1.82) is 0 Å². The zero-order valence-corrected chi connectivity index (χ0v) is 10.2. The van der Waals surface area contributed by atoms with Gasteiger partial charge in [0.15, 0.2) is 0 Å². The van der Waals surface area contributed by atoms with E-state index in [1.807, 2.05) is 45.0 Å². The number of hydrogen-bond acceptors (Lipinski definition) is 3. The molecule has 1 rings (SSSR count). The molecule has 0 spiro atoms. The lowest BCUT2D eigenvalue weighted by molar-refractivity contribution is 0.225. The molecular weight excluding hydrogens is 203 g/mol. The van der Waals surface area contributed by atoms with Crippen molar-refractivity contribution in [2.24, 2.45) is 0 Å². The van der Waals surface area contributed by atoms with E-state index in [1.165, 1.54) is 0 Å². The first-order valence-corrected chi connectivity index (χ1v) is 5.77. The standard InChI is InChI=1S/C12H19BO3/c1-4-14-12-9-7-11(8-10-12)13(15-5-2)16-6-3/h7-10H,4-6H2,1-3H3. The maximum atomic E-state index is 5.51. The second-order valence-corrected chi connectivity index (χ2v) is 3.24. The Kier molecular flexibility index (Phi) is 5.97. The minimum Gasteiger partial charge on any atom is -0.494 e. The van der Waals surface area contributed by atoms with Gasteiger partial charge in [-0.1, -0.05) is 12.1 Å². The van der Waals surface area contributed by atoms with Crippen LogP contribution in [0.5, 0.6) is 5.75 Å². The Balaban J connectivity index is 2.68. The Hall–Kier alpha value is -0.995. The van der Waals surface area contributed by atoms with Gasteiger partial charge in [0, 0.05) is 13.2 Å². The van der Waals surface area contributed by atoms with Crippen LogP contribution in [0, 0.1) is 0 Å². The van der Waals surface area contributed by atoms with Gasteiger partial charge in [0.05, 0.1) is 6.61 Å². The van der Waals surface area contributed by atoms with Crippen molar-refractivity contribution in [2.45, 2.75) is 20.8 Å². The van der Waals surface area contributed by atoms with E-state index in [1.54, 1.807) is 0 Å². The van der Waals surface area contributed by atoms with Crippen molar-refractivity contribution in [1.82, 2.24) is 0 Å². The third-order valence-electron chi connectivity index (χ3n) is 2.10. The Morgan fingerprint density at radius 2 is 1.44 bits per heavy atom. The number of hydrogen-bond donors (Lipinski definition) is 0. The highest BCUT2D eigenvalue weighted by molar-refractivity contribution is 6.61. The highest BCUT2D eigenvalue weighted by Gasteiger charge is 2.19. The average Bonchev–Trinajstić information content (AvgIpc) is 2.30. The molecule has 0 aliphatic carbocycles. The van der Waals surface area contributed by atoms with Crippen molar-refractivity contribution in [3.05, 3.63) is 24.3 Å². The lowest BCUT2D eigenvalue weighted by Gasteiger charge is -2.13. The van der Waals surface area contributed by atoms with Crippen LogP contribution in [0.25, 0.3) is 0 Å². The smallest absolute Gasteiger partial charge is 0.493 e. The molecule has 0 saturated heterocycles. The molecule has 3 nitrogen and oxygen atoms in total. The summed E-state index contributed by atoms with van der Waals surface area (Å²) >= 11 is 0. The van der Waals surface area contributed by atoms with Crippen molar-refractivity contribution in [3.63, 3.8) is 0 Å². The minimum absolute atomic E-state index is 0.273. The SMILES string of the molecule is CCOB(OCC)c1ccc(OCC)cc1. The molecule has 0 N–H and O–H groups in total. The van der Waals surface area contributed by atoms with Crippen molar-refractivity contribution in [2.75, 3.05) is 19.8 Å². The van der Waals surface area contributed by atoms with E-state index in [2.05, 4.69) is 0 Å². The van der Waals surface area contributed by atoms with E-state index in [0.29, 0.717) is 19.8 Å². The molecule has 0 aliphatic rings. The van der Waals surface area contributed by atoms with E-state index in [9.17, 15) is 0 Å². The molecule has 16 heavy (non-hydrogen) atoms. The molecule has 0 aromatic heterocycles. The zero-order valence-electron chi connectivity index (χ0n) is 10.2. The summed E-state index contributed by atoms with van der Waals surface area (Å²) in [4.78, 5) is 0. The summed E-state index contributed by atoms with van der Waals surface area (Å²) < 4.78 is 16.4. The van der Waals surface area contributed by atoms with Gasteiger partial charge in [-0.3, -0.25) is 0 Å². The lowest BCUT2D eigenvalue weighted by Crippen LogP contribution is -2.36. The molecule has 1 aromatic carbocycles. The van der Waals surface area contributed by atoms with Gasteiger partial charge in [0.1, 0.15) is 5.75 Å². The van der Waals surface area contributed by atoms with E-state index in [4.69, 9.17) is 14.0 Å². The molecule has 4 heteroatoms. The summed E-state index contributed by atoms with van der Waals surface area (Å²) in [5.74, 6) is 0.873. The van der Waals surface area contributed by atoms with Gasteiger partial charge in [-0.25, -0.2) is 0 Å². The maximum absolute atomic E-state index is 5.51. The average molecular weight is 222 g/mol. The minimum atomic E-state index is -0.273. The first kappa shape index (κ1) is 13.1. The predicted molar refractivity (Wildman–Crippen MR) is 66.3 cm³/mol. The van der Waals surface area contributed by atoms with E-state index >= 15 is 0 Å². The summed E-state index contributed by atoms with van der Waals surface area (Å²) in [7, 11) is -0.273. The Morgan fingerprint density at radius 3 is 1.88 bits per heavy atom. The second-order valence-electron chi connectivity index (χ2n) is 3.24. The van der Waals surface area contributed by atoms with Crippen molar-refractivity contribution >= 4 is 12.6 Å². The van der Waals surface area contributed by atoms with Crippen LogP contribution < -0.4 is 10.2 Å². The van der Waals surface area contributed by atoms with Crippen LogP contribution in [0.4, 0.5) is 0 Å². The van der Waals surface area contributed by atoms with Crippen LogP contribution in [0.2, 0.25) is 0 Å². The third-order valence-corrected chi connectivity index (χ3v) is 2.10. The van der Waals surface area contributed by atoms with E-state index < -0.39 is 0 Å². The van der Waals surface area contributed by atoms with Crippen molar-refractivity contribution < 1.29 is 14.0 Å². The van der Waals surface area contributed by atoms with Gasteiger partial charge in [-0.2, -0.15) is 0 Å². The van der Waals surface area contributed by atoms with Crippen LogP contribution in [0.1, 0.15) is 20.8 Å². The summed E-state index contributed by atoms with van der Waals surface area (Å²) in [5.41, 5.74) is 1.02. The first-order chi connectivity index (χ1) is 7.81. The highest BCUT2D eigenvalue weighted by atomic mass is 16.6. The molecule has 0 amide bonds. The summed E-state index contributed by atoms with van der Waals surface area (Å²) in [6.45, 7) is 7.84. The first-order valence-electron chi connectivity index (χ1n) is 5.77. The van der Waals surface area contributed by atoms with Crippen LogP contribution in [-0.2, 0) is 9.31 Å². The van der Waals surface area contributed by atoms with Gasteiger partial charge >= 0.3 is 7.12 Å². The van der Waals surface area contributed by atoms with Crippen LogP contribution in [0.15, 0.2) is 24.3 Å². The third kappa shape index (κ3) is 3.87. The summed E-state index contributed by atoms with van der Waals surface area (Å²) in [5, 5.41) is 0. The molecule has 0 bridgehead atoms. The highest BCUT2D eigenvalue weighted by Crippen LogP contribution is 2.08. The lowest BCUT2D eigenvalue weighted by atomic mass is 9.79. The largest absolute Gasteiger partial charge is 0.494 e. The maximum Gasteiger partial charge on any atom is 0.493 e. The molecular formula is C12H19BO3.